The summed E-state index contributed by atoms with van der Waals surface area (Å²) in [4.78, 5) is 0. The molecule has 1 aromatic rings. The minimum atomic E-state index is 0.674. The minimum absolute atomic E-state index is 0.674. The molecule has 0 radical (unpaired) electrons. The van der Waals surface area contributed by atoms with Gasteiger partial charge in [-0.2, -0.15) is 0 Å². The highest BCUT2D eigenvalue weighted by Gasteiger charge is 2.22. The Morgan fingerprint density at radius 3 is 2.89 bits per heavy atom. The first-order chi connectivity index (χ1) is 8.70. The second kappa shape index (κ2) is 6.79. The zero-order valence-electron chi connectivity index (χ0n) is 10.9. The van der Waals surface area contributed by atoms with Crippen LogP contribution in [0.5, 0.6) is 0 Å². The van der Waals surface area contributed by atoms with Crippen LogP contribution in [0.2, 0.25) is 10.0 Å². The Morgan fingerprint density at radius 2 is 2.11 bits per heavy atom. The Hall–Kier alpha value is -0.240. The van der Waals surface area contributed by atoms with Gasteiger partial charge in [-0.25, -0.2) is 0 Å². The van der Waals surface area contributed by atoms with Crippen LogP contribution >= 0.6 is 23.2 Å². The van der Waals surface area contributed by atoms with Crippen molar-refractivity contribution in [2.75, 3.05) is 6.54 Å². The minimum Gasteiger partial charge on any atom is -0.314 e. The van der Waals surface area contributed by atoms with E-state index in [-0.39, 0.29) is 0 Å². The van der Waals surface area contributed by atoms with E-state index in [9.17, 15) is 0 Å². The van der Waals surface area contributed by atoms with Crippen LogP contribution in [0.15, 0.2) is 18.2 Å². The number of benzene rings is 1. The van der Waals surface area contributed by atoms with Gasteiger partial charge in [0.25, 0.3) is 0 Å². The number of rotatable bonds is 4. The molecule has 2 unspecified atom stereocenters. The van der Waals surface area contributed by atoms with Crippen LogP contribution < -0.4 is 5.32 Å². The summed E-state index contributed by atoms with van der Waals surface area (Å²) in [5.41, 5.74) is 1.20. The van der Waals surface area contributed by atoms with Gasteiger partial charge in [0, 0.05) is 6.04 Å². The quantitative estimate of drug-likeness (QED) is 0.845. The van der Waals surface area contributed by atoms with Crippen molar-refractivity contribution >= 4 is 23.2 Å². The van der Waals surface area contributed by atoms with Crippen molar-refractivity contribution in [1.29, 1.82) is 0 Å². The van der Waals surface area contributed by atoms with Crippen molar-refractivity contribution in [3.05, 3.63) is 33.8 Å². The maximum Gasteiger partial charge on any atom is 0.0624 e. The fraction of sp³-hybridized carbons (Fsp3) is 0.600. The lowest BCUT2D eigenvalue weighted by atomic mass is 9.82. The van der Waals surface area contributed by atoms with E-state index in [1.54, 1.807) is 0 Å². The topological polar surface area (TPSA) is 12.0 Å². The van der Waals surface area contributed by atoms with Crippen LogP contribution in [0, 0.1) is 5.92 Å². The summed E-state index contributed by atoms with van der Waals surface area (Å²) >= 11 is 12.3. The highest BCUT2D eigenvalue weighted by molar-refractivity contribution is 6.42. The van der Waals surface area contributed by atoms with E-state index in [4.69, 9.17) is 23.2 Å². The van der Waals surface area contributed by atoms with Gasteiger partial charge >= 0.3 is 0 Å². The van der Waals surface area contributed by atoms with Crippen LogP contribution in [-0.2, 0) is 6.42 Å². The highest BCUT2D eigenvalue weighted by Crippen LogP contribution is 2.32. The summed E-state index contributed by atoms with van der Waals surface area (Å²) < 4.78 is 0. The summed E-state index contributed by atoms with van der Waals surface area (Å²) in [6.45, 7) is 3.24. The van der Waals surface area contributed by atoms with Gasteiger partial charge in [-0.3, -0.25) is 0 Å². The molecule has 0 aliphatic heterocycles. The lowest BCUT2D eigenvalue weighted by Crippen LogP contribution is -2.34. The van der Waals surface area contributed by atoms with Gasteiger partial charge in [-0.1, -0.05) is 55.1 Å². The molecule has 2 rings (SSSR count). The van der Waals surface area contributed by atoms with Gasteiger partial charge in [-0.15, -0.1) is 0 Å². The summed E-state index contributed by atoms with van der Waals surface area (Å²) in [6, 6.07) is 6.64. The lowest BCUT2D eigenvalue weighted by Gasteiger charge is -2.30. The number of hydrogen-bond acceptors (Lipinski definition) is 1. The molecule has 0 heterocycles. The summed E-state index contributed by atoms with van der Waals surface area (Å²) in [7, 11) is 0. The van der Waals surface area contributed by atoms with E-state index >= 15 is 0 Å². The zero-order valence-corrected chi connectivity index (χ0v) is 12.4. The van der Waals surface area contributed by atoms with E-state index in [0.717, 1.165) is 23.9 Å². The Morgan fingerprint density at radius 1 is 1.28 bits per heavy atom. The standard InChI is InChI=1S/C15H21Cl2N/c1-2-18-13-7-3-5-11(10-13)9-12-6-4-8-14(16)15(12)17/h4,6,8,11,13,18H,2-3,5,7,9-10H2,1H3. The van der Waals surface area contributed by atoms with Crippen molar-refractivity contribution in [3.8, 4) is 0 Å². The molecule has 0 saturated heterocycles. The van der Waals surface area contributed by atoms with Crippen molar-refractivity contribution in [2.45, 2.75) is 45.1 Å². The van der Waals surface area contributed by atoms with Crippen molar-refractivity contribution in [2.24, 2.45) is 5.92 Å². The number of nitrogens with one attached hydrogen (secondary N) is 1. The average Bonchev–Trinajstić information content (AvgIpc) is 2.36. The predicted molar refractivity (Wildman–Crippen MR) is 79.6 cm³/mol. The second-order valence-corrected chi connectivity index (χ2v) is 5.99. The Kier molecular flexibility index (Phi) is 5.35. The molecule has 2 atom stereocenters. The fourth-order valence-corrected chi connectivity index (χ4v) is 3.36. The first-order valence-electron chi connectivity index (χ1n) is 6.87. The van der Waals surface area contributed by atoms with Gasteiger partial charge in [0.2, 0.25) is 0 Å². The monoisotopic (exact) mass is 285 g/mol. The van der Waals surface area contributed by atoms with E-state index in [0.29, 0.717) is 11.1 Å². The maximum atomic E-state index is 6.26. The third kappa shape index (κ3) is 3.63. The first kappa shape index (κ1) is 14.2. The summed E-state index contributed by atoms with van der Waals surface area (Å²) in [5, 5.41) is 4.98. The van der Waals surface area contributed by atoms with Gasteiger partial charge in [0.15, 0.2) is 0 Å². The molecule has 1 fully saturated rings. The van der Waals surface area contributed by atoms with Gasteiger partial charge in [-0.05, 0) is 43.4 Å². The summed E-state index contributed by atoms with van der Waals surface area (Å²) in [6.07, 6.45) is 6.26. The van der Waals surface area contributed by atoms with Crippen LogP contribution in [0.25, 0.3) is 0 Å². The molecule has 1 aromatic carbocycles. The fourth-order valence-electron chi connectivity index (χ4n) is 2.97. The third-order valence-corrected chi connectivity index (χ3v) is 4.67. The molecule has 0 spiro atoms. The molecule has 18 heavy (non-hydrogen) atoms. The summed E-state index contributed by atoms with van der Waals surface area (Å²) in [5.74, 6) is 0.735. The highest BCUT2D eigenvalue weighted by atomic mass is 35.5. The molecule has 3 heteroatoms. The molecule has 1 N–H and O–H groups in total. The molecule has 1 aliphatic carbocycles. The molecular formula is C15H21Cl2N. The van der Waals surface area contributed by atoms with Crippen LogP contribution in [0.1, 0.15) is 38.2 Å². The maximum absolute atomic E-state index is 6.26. The van der Waals surface area contributed by atoms with E-state index in [2.05, 4.69) is 18.3 Å². The van der Waals surface area contributed by atoms with Gasteiger partial charge < -0.3 is 5.32 Å². The van der Waals surface area contributed by atoms with E-state index < -0.39 is 0 Å². The number of hydrogen-bond donors (Lipinski definition) is 1. The van der Waals surface area contributed by atoms with Crippen molar-refractivity contribution in [3.63, 3.8) is 0 Å². The Labute approximate surface area is 120 Å². The molecule has 1 aliphatic rings. The van der Waals surface area contributed by atoms with Crippen molar-refractivity contribution < 1.29 is 0 Å². The van der Waals surface area contributed by atoms with Crippen LogP contribution in [-0.4, -0.2) is 12.6 Å². The first-order valence-corrected chi connectivity index (χ1v) is 7.62. The van der Waals surface area contributed by atoms with Gasteiger partial charge in [0.1, 0.15) is 0 Å². The normalized spacial score (nSPS) is 24.2. The van der Waals surface area contributed by atoms with Crippen molar-refractivity contribution in [1.82, 2.24) is 5.32 Å². The average molecular weight is 286 g/mol. The van der Waals surface area contributed by atoms with E-state index in [1.807, 2.05) is 12.1 Å². The zero-order chi connectivity index (χ0) is 13.0. The Balaban J connectivity index is 1.98. The molecule has 100 valence electrons. The van der Waals surface area contributed by atoms with Crippen LogP contribution in [0.4, 0.5) is 0 Å². The lowest BCUT2D eigenvalue weighted by molar-refractivity contribution is 0.287. The predicted octanol–water partition coefficient (Wildman–Crippen LogP) is 4.70. The van der Waals surface area contributed by atoms with Crippen LogP contribution in [0.3, 0.4) is 0 Å². The Bertz CT molecular complexity index is 390. The SMILES string of the molecule is CCNC1CCCC(Cc2cccc(Cl)c2Cl)C1. The molecule has 1 nitrogen and oxygen atoms in total. The molecular weight excluding hydrogens is 265 g/mol. The van der Waals surface area contributed by atoms with Gasteiger partial charge in [0.05, 0.1) is 10.0 Å². The number of halogens is 2. The molecule has 0 bridgehead atoms. The smallest absolute Gasteiger partial charge is 0.0624 e. The molecule has 0 aromatic heterocycles. The van der Waals surface area contributed by atoms with E-state index in [1.165, 1.54) is 31.2 Å². The molecule has 1 saturated carbocycles. The molecule has 0 amide bonds. The third-order valence-electron chi connectivity index (χ3n) is 3.82. The second-order valence-electron chi connectivity index (χ2n) is 5.20. The largest absolute Gasteiger partial charge is 0.314 e.